The minimum absolute atomic E-state index is 0.280. The van der Waals surface area contributed by atoms with Crippen LogP contribution >= 0.6 is 0 Å². The Labute approximate surface area is 131 Å². The molecule has 1 heterocycles. The normalized spacial score (nSPS) is 26.8. The molecule has 1 rings (SSSR count). The Balaban J connectivity index is 2.14. The smallest absolute Gasteiger partial charge is 0.189 e. The van der Waals surface area contributed by atoms with Crippen LogP contribution in [-0.4, -0.2) is 41.3 Å². The summed E-state index contributed by atoms with van der Waals surface area (Å²) < 4.78 is 0.738. The fourth-order valence-corrected chi connectivity index (χ4v) is 3.32. The van der Waals surface area contributed by atoms with E-state index in [2.05, 4.69) is 31.0 Å². The fourth-order valence-electron chi connectivity index (χ4n) is 3.32. The number of unbranched alkanes of at least 4 members (excludes halogenated alkanes) is 5. The zero-order valence-corrected chi connectivity index (χ0v) is 14.3. The first-order valence-corrected chi connectivity index (χ1v) is 8.88. The first-order valence-electron chi connectivity index (χ1n) is 8.88. The molecule has 0 amide bonds. The van der Waals surface area contributed by atoms with E-state index in [0.717, 1.165) is 30.4 Å². The van der Waals surface area contributed by atoms with Gasteiger partial charge in [0.25, 0.3) is 0 Å². The molecule has 0 saturated heterocycles. The molecule has 0 bridgehead atoms. The van der Waals surface area contributed by atoms with Crippen LogP contribution < -0.4 is 0 Å². The van der Waals surface area contributed by atoms with Crippen molar-refractivity contribution in [2.24, 2.45) is 4.99 Å². The van der Waals surface area contributed by atoms with E-state index >= 15 is 0 Å². The second-order valence-electron chi connectivity index (χ2n) is 6.27. The fraction of sp³-hybridized carbons (Fsp3) is 0.833. The highest BCUT2D eigenvalue weighted by atomic mass is 16.3. The predicted molar refractivity (Wildman–Crippen MR) is 91.4 cm³/mol. The Morgan fingerprint density at radius 1 is 1.19 bits per heavy atom. The van der Waals surface area contributed by atoms with Crippen LogP contribution in [0.5, 0.6) is 0 Å². The Kier molecular flexibility index (Phi) is 8.86. The molecule has 0 aliphatic carbocycles. The van der Waals surface area contributed by atoms with Gasteiger partial charge in [0, 0.05) is 13.3 Å². The van der Waals surface area contributed by atoms with Crippen molar-refractivity contribution < 1.29 is 9.59 Å². The Morgan fingerprint density at radius 3 is 2.57 bits per heavy atom. The van der Waals surface area contributed by atoms with Crippen molar-refractivity contribution in [1.82, 2.24) is 0 Å². The van der Waals surface area contributed by atoms with Gasteiger partial charge >= 0.3 is 0 Å². The molecule has 1 aliphatic rings. The summed E-state index contributed by atoms with van der Waals surface area (Å²) >= 11 is 0. The largest absolute Gasteiger partial charge is 0.345 e. The first kappa shape index (κ1) is 18.4. The molecule has 0 aromatic heterocycles. The van der Waals surface area contributed by atoms with Crippen LogP contribution in [0.2, 0.25) is 0 Å². The summed E-state index contributed by atoms with van der Waals surface area (Å²) in [6, 6.07) is 0. The number of aliphatic hydroxyl groups is 1. The highest BCUT2D eigenvalue weighted by Crippen LogP contribution is 2.26. The van der Waals surface area contributed by atoms with Crippen LogP contribution in [0, 0.1) is 0 Å². The molecule has 1 N–H and O–H groups in total. The molecule has 0 radical (unpaired) electrons. The zero-order valence-electron chi connectivity index (χ0n) is 14.3. The summed E-state index contributed by atoms with van der Waals surface area (Å²) in [5, 5.41) is 10.1. The van der Waals surface area contributed by atoms with Gasteiger partial charge in [-0.2, -0.15) is 0 Å². The van der Waals surface area contributed by atoms with Crippen LogP contribution in [0.1, 0.15) is 72.1 Å². The standard InChI is InChI=1S/C18H35N2O/c1-4-6-7-8-9-10-11-12-13-14-18-19-15-16-20(18,5-2)17(3)21/h6-7,15,17-18,21H,4-5,8-14,16H2,1-3H3/q+1/b7-6+. The lowest BCUT2D eigenvalue weighted by molar-refractivity contribution is -0.976. The van der Waals surface area contributed by atoms with E-state index in [1.165, 1.54) is 38.5 Å². The predicted octanol–water partition coefficient (Wildman–Crippen LogP) is 4.27. The molecule has 0 saturated carbocycles. The summed E-state index contributed by atoms with van der Waals surface area (Å²) in [4.78, 5) is 4.63. The number of aliphatic hydroxyl groups excluding tert-OH is 1. The van der Waals surface area contributed by atoms with E-state index in [1.807, 2.05) is 13.1 Å². The van der Waals surface area contributed by atoms with E-state index < -0.39 is 0 Å². The van der Waals surface area contributed by atoms with Crippen molar-refractivity contribution >= 4 is 6.21 Å². The maximum absolute atomic E-state index is 10.1. The number of hydrogen-bond acceptors (Lipinski definition) is 2. The molecule has 0 aromatic rings. The molecule has 21 heavy (non-hydrogen) atoms. The molecule has 3 nitrogen and oxygen atoms in total. The average Bonchev–Trinajstić information content (AvgIpc) is 2.89. The molecule has 0 spiro atoms. The van der Waals surface area contributed by atoms with Crippen LogP contribution in [-0.2, 0) is 0 Å². The van der Waals surface area contributed by atoms with Crippen molar-refractivity contribution in [3.63, 3.8) is 0 Å². The van der Waals surface area contributed by atoms with Gasteiger partial charge in [0.2, 0.25) is 0 Å². The molecule has 3 heteroatoms. The SMILES string of the molecule is CC/C=C/CCCCCCCC1N=CC[N+]1(CC)C(C)O. The topological polar surface area (TPSA) is 32.6 Å². The van der Waals surface area contributed by atoms with Gasteiger partial charge in [0.1, 0.15) is 6.54 Å². The number of rotatable bonds is 11. The summed E-state index contributed by atoms with van der Waals surface area (Å²) in [5.74, 6) is 0. The Hall–Kier alpha value is -0.670. The second-order valence-corrected chi connectivity index (χ2v) is 6.27. The summed E-state index contributed by atoms with van der Waals surface area (Å²) in [6.07, 6.45) is 16.6. The number of hydrogen-bond donors (Lipinski definition) is 1. The van der Waals surface area contributed by atoms with Crippen molar-refractivity contribution in [2.45, 2.75) is 84.5 Å². The third-order valence-corrected chi connectivity index (χ3v) is 4.86. The highest BCUT2D eigenvalue weighted by molar-refractivity contribution is 5.60. The van der Waals surface area contributed by atoms with Crippen LogP contribution in [0.3, 0.4) is 0 Å². The van der Waals surface area contributed by atoms with E-state index in [9.17, 15) is 5.11 Å². The van der Waals surface area contributed by atoms with Gasteiger partial charge in [-0.3, -0.25) is 4.48 Å². The number of aliphatic imine (C=N–C) groups is 1. The molecule has 122 valence electrons. The third kappa shape index (κ3) is 5.55. The highest BCUT2D eigenvalue weighted by Gasteiger charge is 2.41. The van der Waals surface area contributed by atoms with Crippen molar-refractivity contribution in [3.05, 3.63) is 12.2 Å². The number of quaternary nitrogens is 1. The zero-order chi connectivity index (χ0) is 15.6. The van der Waals surface area contributed by atoms with Crippen molar-refractivity contribution in [3.8, 4) is 0 Å². The van der Waals surface area contributed by atoms with E-state index in [-0.39, 0.29) is 12.4 Å². The van der Waals surface area contributed by atoms with Gasteiger partial charge in [-0.1, -0.05) is 38.3 Å². The molecule has 3 atom stereocenters. The lowest BCUT2D eigenvalue weighted by Crippen LogP contribution is -2.57. The maximum atomic E-state index is 10.1. The van der Waals surface area contributed by atoms with Crippen LogP contribution in [0.25, 0.3) is 0 Å². The number of nitrogens with zero attached hydrogens (tertiary/aromatic N) is 2. The number of allylic oxidation sites excluding steroid dienone is 2. The summed E-state index contributed by atoms with van der Waals surface area (Å²) in [5.41, 5.74) is 0. The molecular formula is C18H35N2O+. The lowest BCUT2D eigenvalue weighted by Gasteiger charge is -2.40. The third-order valence-electron chi connectivity index (χ3n) is 4.86. The second kappa shape index (κ2) is 10.1. The quantitative estimate of drug-likeness (QED) is 0.345. The Bertz CT molecular complexity index is 325. The van der Waals surface area contributed by atoms with Gasteiger partial charge in [-0.05, 0) is 32.6 Å². The van der Waals surface area contributed by atoms with E-state index in [1.54, 1.807) is 0 Å². The van der Waals surface area contributed by atoms with Gasteiger partial charge in [-0.25, -0.2) is 4.99 Å². The van der Waals surface area contributed by atoms with Crippen LogP contribution in [0.4, 0.5) is 0 Å². The minimum atomic E-state index is -0.312. The molecule has 1 aliphatic heterocycles. The van der Waals surface area contributed by atoms with Gasteiger partial charge in [0.05, 0.1) is 12.8 Å². The first-order chi connectivity index (χ1) is 10.2. The Morgan fingerprint density at radius 2 is 1.90 bits per heavy atom. The minimum Gasteiger partial charge on any atom is -0.345 e. The van der Waals surface area contributed by atoms with E-state index in [0.29, 0.717) is 0 Å². The monoisotopic (exact) mass is 295 g/mol. The summed E-state index contributed by atoms with van der Waals surface area (Å²) in [6.45, 7) is 8.12. The molecular weight excluding hydrogens is 260 g/mol. The average molecular weight is 295 g/mol. The summed E-state index contributed by atoms with van der Waals surface area (Å²) in [7, 11) is 0. The molecule has 3 unspecified atom stereocenters. The van der Waals surface area contributed by atoms with Crippen molar-refractivity contribution in [2.75, 3.05) is 13.1 Å². The molecule has 0 fully saturated rings. The van der Waals surface area contributed by atoms with Gasteiger partial charge in [0.15, 0.2) is 12.4 Å². The van der Waals surface area contributed by atoms with Gasteiger partial charge < -0.3 is 5.11 Å². The van der Waals surface area contributed by atoms with Crippen molar-refractivity contribution in [1.29, 1.82) is 0 Å². The van der Waals surface area contributed by atoms with Gasteiger partial charge in [-0.15, -0.1) is 0 Å². The maximum Gasteiger partial charge on any atom is 0.189 e. The van der Waals surface area contributed by atoms with Crippen LogP contribution in [0.15, 0.2) is 17.1 Å². The van der Waals surface area contributed by atoms with E-state index in [4.69, 9.17) is 0 Å². The molecule has 0 aromatic carbocycles. The lowest BCUT2D eigenvalue weighted by atomic mass is 10.1.